The second-order valence-corrected chi connectivity index (χ2v) is 5.27. The molecular formula is C15H11N3S. The van der Waals surface area contributed by atoms with Crippen molar-refractivity contribution in [2.45, 2.75) is 6.92 Å². The third-order valence-corrected chi connectivity index (χ3v) is 3.66. The standard InChI is InChI=1S/C15H11N3S/c1-10-4-5-13-14(7-10)18-15(17-13)11(9-16)8-12-3-2-6-19-12/h2-8H,1H3,(H,17,18)/b11-8+. The lowest BCUT2D eigenvalue weighted by Gasteiger charge is -1.91. The quantitative estimate of drug-likeness (QED) is 0.712. The lowest BCUT2D eigenvalue weighted by atomic mass is 10.2. The number of rotatable bonds is 2. The largest absolute Gasteiger partial charge is 0.337 e. The van der Waals surface area contributed by atoms with E-state index in [0.29, 0.717) is 11.4 Å². The highest BCUT2D eigenvalue weighted by Crippen LogP contribution is 2.21. The molecule has 0 saturated heterocycles. The maximum Gasteiger partial charge on any atom is 0.149 e. The van der Waals surface area contributed by atoms with Gasteiger partial charge in [0.15, 0.2) is 0 Å². The van der Waals surface area contributed by atoms with Crippen molar-refractivity contribution in [1.29, 1.82) is 5.26 Å². The Kier molecular flexibility index (Phi) is 2.90. The number of thiophene rings is 1. The van der Waals surface area contributed by atoms with Crippen molar-refractivity contribution in [3.8, 4) is 6.07 Å². The van der Waals surface area contributed by atoms with Crippen LogP contribution in [-0.2, 0) is 0 Å². The molecule has 0 aliphatic rings. The van der Waals surface area contributed by atoms with Crippen LogP contribution in [0.4, 0.5) is 0 Å². The van der Waals surface area contributed by atoms with Crippen LogP contribution in [0, 0.1) is 18.3 Å². The van der Waals surface area contributed by atoms with Gasteiger partial charge < -0.3 is 4.98 Å². The van der Waals surface area contributed by atoms with E-state index in [-0.39, 0.29) is 0 Å². The summed E-state index contributed by atoms with van der Waals surface area (Å²) < 4.78 is 0. The van der Waals surface area contributed by atoms with Crippen molar-refractivity contribution in [2.24, 2.45) is 0 Å². The van der Waals surface area contributed by atoms with Crippen LogP contribution < -0.4 is 0 Å². The first-order valence-electron chi connectivity index (χ1n) is 5.88. The monoisotopic (exact) mass is 265 g/mol. The van der Waals surface area contributed by atoms with Gasteiger partial charge in [-0.05, 0) is 42.1 Å². The van der Waals surface area contributed by atoms with E-state index in [0.717, 1.165) is 15.9 Å². The Morgan fingerprint density at radius 2 is 2.32 bits per heavy atom. The number of nitrogens with one attached hydrogen (secondary N) is 1. The summed E-state index contributed by atoms with van der Waals surface area (Å²) in [6.07, 6.45) is 1.86. The first kappa shape index (κ1) is 11.7. The molecule has 0 fully saturated rings. The van der Waals surface area contributed by atoms with E-state index < -0.39 is 0 Å². The van der Waals surface area contributed by atoms with Gasteiger partial charge >= 0.3 is 0 Å². The minimum atomic E-state index is 0.552. The minimum Gasteiger partial charge on any atom is -0.337 e. The number of aromatic nitrogens is 2. The van der Waals surface area contributed by atoms with Crippen LogP contribution in [-0.4, -0.2) is 9.97 Å². The number of H-pyrrole nitrogens is 1. The molecule has 1 N–H and O–H groups in total. The molecule has 3 nitrogen and oxygen atoms in total. The molecule has 2 aromatic heterocycles. The zero-order valence-corrected chi connectivity index (χ0v) is 11.2. The lowest BCUT2D eigenvalue weighted by Crippen LogP contribution is -1.83. The highest BCUT2D eigenvalue weighted by atomic mass is 32.1. The molecule has 3 rings (SSSR count). The minimum absolute atomic E-state index is 0.552. The number of fused-ring (bicyclic) bond motifs is 1. The topological polar surface area (TPSA) is 52.5 Å². The molecule has 0 saturated carbocycles. The molecule has 0 atom stereocenters. The highest BCUT2D eigenvalue weighted by molar-refractivity contribution is 7.10. The van der Waals surface area contributed by atoms with Gasteiger partial charge in [-0.25, -0.2) is 4.98 Å². The molecular weight excluding hydrogens is 254 g/mol. The van der Waals surface area contributed by atoms with Crippen molar-refractivity contribution < 1.29 is 0 Å². The van der Waals surface area contributed by atoms with Crippen LogP contribution in [0.25, 0.3) is 22.7 Å². The average Bonchev–Trinajstić information content (AvgIpc) is 3.03. The predicted octanol–water partition coefficient (Wildman–Crippen LogP) is 4.00. The smallest absolute Gasteiger partial charge is 0.149 e. The van der Waals surface area contributed by atoms with E-state index >= 15 is 0 Å². The van der Waals surface area contributed by atoms with E-state index in [9.17, 15) is 5.26 Å². The number of nitrogens with zero attached hydrogens (tertiary/aromatic N) is 2. The Balaban J connectivity index is 2.10. The second-order valence-electron chi connectivity index (χ2n) is 4.29. The maximum atomic E-state index is 9.28. The van der Waals surface area contributed by atoms with Crippen LogP contribution in [0.2, 0.25) is 0 Å². The number of aromatic amines is 1. The summed E-state index contributed by atoms with van der Waals surface area (Å²) in [6, 6.07) is 12.2. The zero-order chi connectivity index (χ0) is 13.2. The molecule has 0 aliphatic carbocycles. The summed E-state index contributed by atoms with van der Waals surface area (Å²) in [5, 5.41) is 11.3. The van der Waals surface area contributed by atoms with Gasteiger partial charge in [0.2, 0.25) is 0 Å². The van der Waals surface area contributed by atoms with E-state index in [1.165, 1.54) is 5.56 Å². The third-order valence-electron chi connectivity index (χ3n) is 2.84. The molecule has 3 aromatic rings. The van der Waals surface area contributed by atoms with Crippen molar-refractivity contribution >= 4 is 34.0 Å². The summed E-state index contributed by atoms with van der Waals surface area (Å²) in [5.74, 6) is 0.622. The second kappa shape index (κ2) is 4.71. The lowest BCUT2D eigenvalue weighted by molar-refractivity contribution is 1.27. The van der Waals surface area contributed by atoms with Gasteiger partial charge in [0.1, 0.15) is 11.9 Å². The molecule has 1 aromatic carbocycles. The number of nitriles is 1. The number of aryl methyl sites for hydroxylation is 1. The molecule has 4 heteroatoms. The fraction of sp³-hybridized carbons (Fsp3) is 0.0667. The van der Waals surface area contributed by atoms with Crippen LogP contribution in [0.5, 0.6) is 0 Å². The van der Waals surface area contributed by atoms with Crippen LogP contribution in [0.1, 0.15) is 16.3 Å². The highest BCUT2D eigenvalue weighted by Gasteiger charge is 2.08. The molecule has 0 bridgehead atoms. The van der Waals surface area contributed by atoms with Gasteiger partial charge in [0, 0.05) is 4.88 Å². The fourth-order valence-electron chi connectivity index (χ4n) is 1.92. The first-order valence-corrected chi connectivity index (χ1v) is 6.76. The Labute approximate surface area is 114 Å². The molecule has 0 aliphatic heterocycles. The van der Waals surface area contributed by atoms with Gasteiger partial charge in [-0.2, -0.15) is 5.26 Å². The number of allylic oxidation sites excluding steroid dienone is 1. The Bertz CT molecular complexity index is 789. The van der Waals surface area contributed by atoms with E-state index in [2.05, 4.69) is 16.0 Å². The van der Waals surface area contributed by atoms with Crippen molar-refractivity contribution in [3.05, 3.63) is 52.0 Å². The number of hydrogen-bond donors (Lipinski definition) is 1. The van der Waals surface area contributed by atoms with Crippen molar-refractivity contribution in [3.63, 3.8) is 0 Å². The fourth-order valence-corrected chi connectivity index (χ4v) is 2.58. The van der Waals surface area contributed by atoms with Crippen LogP contribution in [0.15, 0.2) is 35.7 Å². The zero-order valence-electron chi connectivity index (χ0n) is 10.3. The normalized spacial score (nSPS) is 11.7. The summed E-state index contributed by atoms with van der Waals surface area (Å²) in [4.78, 5) is 8.72. The Morgan fingerprint density at radius 3 is 3.05 bits per heavy atom. The SMILES string of the molecule is Cc1ccc2nc(/C(C#N)=C/c3cccs3)[nH]c2c1. The molecule has 2 heterocycles. The average molecular weight is 265 g/mol. The van der Waals surface area contributed by atoms with Crippen LogP contribution >= 0.6 is 11.3 Å². The molecule has 0 unspecified atom stereocenters. The van der Waals surface area contributed by atoms with Gasteiger partial charge in [-0.3, -0.25) is 0 Å². The third kappa shape index (κ3) is 2.28. The van der Waals surface area contributed by atoms with Gasteiger partial charge in [0.25, 0.3) is 0 Å². The van der Waals surface area contributed by atoms with E-state index in [1.54, 1.807) is 11.3 Å². The Morgan fingerprint density at radius 1 is 1.42 bits per heavy atom. The predicted molar refractivity (Wildman–Crippen MR) is 78.6 cm³/mol. The van der Waals surface area contributed by atoms with Gasteiger partial charge in [0.05, 0.1) is 16.6 Å². The van der Waals surface area contributed by atoms with Crippen molar-refractivity contribution in [2.75, 3.05) is 0 Å². The van der Waals surface area contributed by atoms with Gasteiger partial charge in [-0.15, -0.1) is 11.3 Å². The molecule has 0 spiro atoms. The molecule has 19 heavy (non-hydrogen) atoms. The summed E-state index contributed by atoms with van der Waals surface area (Å²) in [6.45, 7) is 2.03. The number of benzene rings is 1. The first-order chi connectivity index (χ1) is 9.26. The number of imidazole rings is 1. The summed E-state index contributed by atoms with van der Waals surface area (Å²) in [5.41, 5.74) is 3.56. The van der Waals surface area contributed by atoms with E-state index in [1.807, 2.05) is 48.7 Å². The Hall–Kier alpha value is -2.38. The molecule has 92 valence electrons. The summed E-state index contributed by atoms with van der Waals surface area (Å²) >= 11 is 1.60. The van der Waals surface area contributed by atoms with E-state index in [4.69, 9.17) is 0 Å². The number of hydrogen-bond acceptors (Lipinski definition) is 3. The summed E-state index contributed by atoms with van der Waals surface area (Å²) in [7, 11) is 0. The molecule has 0 radical (unpaired) electrons. The maximum absolute atomic E-state index is 9.28. The van der Waals surface area contributed by atoms with Crippen LogP contribution in [0.3, 0.4) is 0 Å². The molecule has 0 amide bonds. The van der Waals surface area contributed by atoms with Gasteiger partial charge in [-0.1, -0.05) is 12.1 Å². The van der Waals surface area contributed by atoms with Crippen molar-refractivity contribution in [1.82, 2.24) is 9.97 Å².